The minimum atomic E-state index is 0.484. The smallest absolute Gasteiger partial charge is 0.0933 e. The van der Waals surface area contributed by atoms with Crippen molar-refractivity contribution in [2.45, 2.75) is 6.10 Å². The highest BCUT2D eigenvalue weighted by Crippen LogP contribution is 2.05. The fourth-order valence-electron chi connectivity index (χ4n) is 1.46. The van der Waals surface area contributed by atoms with E-state index in [1.807, 2.05) is 0 Å². The molecule has 0 radical (unpaired) electrons. The molecule has 1 rings (SSSR count). The van der Waals surface area contributed by atoms with Gasteiger partial charge < -0.3 is 31.7 Å². The van der Waals surface area contributed by atoms with Gasteiger partial charge in [0.15, 0.2) is 0 Å². The summed E-state index contributed by atoms with van der Waals surface area (Å²) in [6, 6.07) is 0. The standard InChI is InChI=1S/C11H27N5O/c12-1-2-13-3-4-14-5-6-15-7-8-16-9-11-10-17-11/h11,13-16H,1-10,12H2. The SMILES string of the molecule is NCCNCCNCCNCCNCC1CO1. The molecule has 17 heavy (non-hydrogen) atoms. The predicted octanol–water partition coefficient (Wildman–Crippen LogP) is -2.30. The molecule has 0 spiro atoms. The average molecular weight is 245 g/mol. The van der Waals surface area contributed by atoms with Gasteiger partial charge in [0.05, 0.1) is 12.7 Å². The normalized spacial score (nSPS) is 18.5. The lowest BCUT2D eigenvalue weighted by molar-refractivity contribution is 0.396. The molecule has 0 aliphatic carbocycles. The number of nitrogens with one attached hydrogen (secondary N) is 4. The lowest BCUT2D eigenvalue weighted by atomic mass is 10.4. The van der Waals surface area contributed by atoms with Gasteiger partial charge in [0, 0.05) is 58.9 Å². The van der Waals surface area contributed by atoms with Gasteiger partial charge in [-0.1, -0.05) is 0 Å². The van der Waals surface area contributed by atoms with Crippen molar-refractivity contribution in [2.24, 2.45) is 5.73 Å². The number of ether oxygens (including phenoxy) is 1. The van der Waals surface area contributed by atoms with Crippen molar-refractivity contribution in [3.63, 3.8) is 0 Å². The molecule has 1 aliphatic heterocycles. The first kappa shape index (κ1) is 14.8. The van der Waals surface area contributed by atoms with E-state index in [-0.39, 0.29) is 0 Å². The first-order valence-corrected chi connectivity index (χ1v) is 6.58. The van der Waals surface area contributed by atoms with Crippen molar-refractivity contribution < 1.29 is 4.74 Å². The molecule has 0 bridgehead atoms. The molecule has 1 fully saturated rings. The molecule has 0 aromatic rings. The molecule has 6 heteroatoms. The van der Waals surface area contributed by atoms with Crippen molar-refractivity contribution in [2.75, 3.05) is 65.5 Å². The van der Waals surface area contributed by atoms with Crippen LogP contribution in [0.3, 0.4) is 0 Å². The highest BCUT2D eigenvalue weighted by Gasteiger charge is 2.20. The van der Waals surface area contributed by atoms with E-state index in [1.165, 1.54) is 0 Å². The first-order valence-electron chi connectivity index (χ1n) is 6.58. The van der Waals surface area contributed by atoms with Gasteiger partial charge in [-0.25, -0.2) is 0 Å². The molecule has 1 heterocycles. The van der Waals surface area contributed by atoms with Gasteiger partial charge in [-0.2, -0.15) is 0 Å². The van der Waals surface area contributed by atoms with Gasteiger partial charge >= 0.3 is 0 Å². The topological polar surface area (TPSA) is 86.7 Å². The molecular weight excluding hydrogens is 218 g/mol. The fourth-order valence-corrected chi connectivity index (χ4v) is 1.46. The second-order valence-electron chi connectivity index (χ2n) is 4.20. The largest absolute Gasteiger partial charge is 0.372 e. The van der Waals surface area contributed by atoms with Crippen LogP contribution in [0, 0.1) is 0 Å². The summed E-state index contributed by atoms with van der Waals surface area (Å²) in [5.41, 5.74) is 5.36. The Balaban J connectivity index is 1.61. The molecular formula is C11H27N5O. The van der Waals surface area contributed by atoms with E-state index in [1.54, 1.807) is 0 Å². The number of epoxide rings is 1. The van der Waals surface area contributed by atoms with E-state index < -0.39 is 0 Å². The van der Waals surface area contributed by atoms with E-state index in [0.29, 0.717) is 12.6 Å². The quantitative estimate of drug-likeness (QED) is 0.185. The third-order valence-corrected chi connectivity index (χ3v) is 2.53. The predicted molar refractivity (Wildman–Crippen MR) is 70.3 cm³/mol. The second-order valence-corrected chi connectivity index (χ2v) is 4.20. The molecule has 102 valence electrons. The van der Waals surface area contributed by atoms with Gasteiger partial charge in [0.25, 0.3) is 0 Å². The number of rotatable bonds is 13. The van der Waals surface area contributed by atoms with Crippen molar-refractivity contribution in [1.82, 2.24) is 21.3 Å². The summed E-state index contributed by atoms with van der Waals surface area (Å²) < 4.78 is 5.10. The molecule has 0 saturated carbocycles. The monoisotopic (exact) mass is 245 g/mol. The zero-order chi connectivity index (χ0) is 12.2. The van der Waals surface area contributed by atoms with Crippen LogP contribution in [-0.2, 0) is 4.74 Å². The van der Waals surface area contributed by atoms with Crippen molar-refractivity contribution in [3.8, 4) is 0 Å². The third-order valence-electron chi connectivity index (χ3n) is 2.53. The van der Waals surface area contributed by atoms with Crippen LogP contribution in [-0.4, -0.2) is 71.6 Å². The highest BCUT2D eigenvalue weighted by atomic mass is 16.6. The van der Waals surface area contributed by atoms with Crippen molar-refractivity contribution in [1.29, 1.82) is 0 Å². The van der Waals surface area contributed by atoms with Crippen LogP contribution in [0.5, 0.6) is 0 Å². The molecule has 6 nitrogen and oxygen atoms in total. The highest BCUT2D eigenvalue weighted by molar-refractivity contribution is 4.71. The van der Waals surface area contributed by atoms with E-state index in [4.69, 9.17) is 10.5 Å². The van der Waals surface area contributed by atoms with Crippen molar-refractivity contribution >= 4 is 0 Å². The summed E-state index contributed by atoms with van der Waals surface area (Å²) in [5, 5.41) is 13.3. The van der Waals surface area contributed by atoms with Crippen LogP contribution >= 0.6 is 0 Å². The van der Waals surface area contributed by atoms with Gasteiger partial charge in [0.2, 0.25) is 0 Å². The maximum Gasteiger partial charge on any atom is 0.0933 e. The van der Waals surface area contributed by atoms with Gasteiger partial charge in [-0.3, -0.25) is 0 Å². The summed E-state index contributed by atoms with van der Waals surface area (Å²) in [5.74, 6) is 0. The average Bonchev–Trinajstić information content (AvgIpc) is 3.15. The molecule has 0 aromatic carbocycles. The number of nitrogens with two attached hydrogens (primary N) is 1. The minimum absolute atomic E-state index is 0.484. The van der Waals surface area contributed by atoms with Crippen molar-refractivity contribution in [3.05, 3.63) is 0 Å². The summed E-state index contributed by atoms with van der Waals surface area (Å²) in [6.07, 6.45) is 0.484. The second kappa shape index (κ2) is 10.9. The molecule has 1 unspecified atom stereocenters. The summed E-state index contributed by atoms with van der Waals surface area (Å²) in [4.78, 5) is 0. The minimum Gasteiger partial charge on any atom is -0.372 e. The summed E-state index contributed by atoms with van der Waals surface area (Å²) in [7, 11) is 0. The maximum atomic E-state index is 5.36. The number of hydrogen-bond acceptors (Lipinski definition) is 6. The molecule has 1 aliphatic rings. The Bertz CT molecular complexity index is 166. The Labute approximate surface area is 104 Å². The maximum absolute atomic E-state index is 5.36. The fraction of sp³-hybridized carbons (Fsp3) is 1.00. The van der Waals surface area contributed by atoms with Crippen LogP contribution in [0.15, 0.2) is 0 Å². The van der Waals surface area contributed by atoms with Gasteiger partial charge in [-0.15, -0.1) is 0 Å². The van der Waals surface area contributed by atoms with Crippen LogP contribution in [0.25, 0.3) is 0 Å². The van der Waals surface area contributed by atoms with E-state index in [0.717, 1.165) is 59.0 Å². The third kappa shape index (κ3) is 10.6. The molecule has 0 amide bonds. The molecule has 1 saturated heterocycles. The van der Waals surface area contributed by atoms with E-state index >= 15 is 0 Å². The van der Waals surface area contributed by atoms with E-state index in [2.05, 4.69) is 21.3 Å². The number of hydrogen-bond donors (Lipinski definition) is 5. The lowest BCUT2D eigenvalue weighted by Crippen LogP contribution is -2.36. The summed E-state index contributed by atoms with van der Waals surface area (Å²) in [6.45, 7) is 9.57. The van der Waals surface area contributed by atoms with Crippen LogP contribution in [0.1, 0.15) is 0 Å². The Morgan fingerprint density at radius 1 is 0.824 bits per heavy atom. The molecule has 6 N–H and O–H groups in total. The van der Waals surface area contributed by atoms with Crippen LogP contribution < -0.4 is 27.0 Å². The van der Waals surface area contributed by atoms with Gasteiger partial charge in [0.1, 0.15) is 0 Å². The summed E-state index contributed by atoms with van der Waals surface area (Å²) >= 11 is 0. The van der Waals surface area contributed by atoms with E-state index in [9.17, 15) is 0 Å². The Hall–Kier alpha value is -0.240. The van der Waals surface area contributed by atoms with Crippen LogP contribution in [0.2, 0.25) is 0 Å². The Morgan fingerprint density at radius 3 is 1.76 bits per heavy atom. The Morgan fingerprint density at radius 2 is 1.29 bits per heavy atom. The zero-order valence-corrected chi connectivity index (χ0v) is 10.6. The Kier molecular flexibility index (Phi) is 9.49. The molecule has 0 aromatic heterocycles. The lowest BCUT2D eigenvalue weighted by Gasteiger charge is -2.07. The van der Waals surface area contributed by atoms with Crippen LogP contribution in [0.4, 0.5) is 0 Å². The van der Waals surface area contributed by atoms with Gasteiger partial charge in [-0.05, 0) is 0 Å². The zero-order valence-electron chi connectivity index (χ0n) is 10.6. The molecule has 1 atom stereocenters. The first-order chi connectivity index (χ1) is 8.43.